The number of carboxylic acid groups (broad SMARTS) is 1. The lowest BCUT2D eigenvalue weighted by molar-refractivity contribution is -0.131. The summed E-state index contributed by atoms with van der Waals surface area (Å²) in [4.78, 5) is 22.2. The Labute approximate surface area is 99.5 Å². The predicted molar refractivity (Wildman–Crippen MR) is 63.6 cm³/mol. The van der Waals surface area contributed by atoms with Crippen LogP contribution in [0.2, 0.25) is 0 Å². The van der Waals surface area contributed by atoms with Gasteiger partial charge in [0.05, 0.1) is 12.7 Å². The second-order valence-corrected chi connectivity index (χ2v) is 3.70. The molecule has 4 nitrogen and oxygen atoms in total. The van der Waals surface area contributed by atoms with Gasteiger partial charge in [-0.25, -0.2) is 4.79 Å². The summed E-state index contributed by atoms with van der Waals surface area (Å²) in [5.74, 6) is -1.05. The van der Waals surface area contributed by atoms with Crippen LogP contribution in [0.25, 0.3) is 0 Å². The van der Waals surface area contributed by atoms with Crippen molar-refractivity contribution >= 4 is 11.8 Å². The first-order chi connectivity index (χ1) is 7.95. The summed E-state index contributed by atoms with van der Waals surface area (Å²) in [6.07, 6.45) is 1.85. The average molecular weight is 234 g/mol. The Bertz CT molecular complexity index is 486. The van der Waals surface area contributed by atoms with Crippen molar-refractivity contribution < 1.29 is 19.4 Å². The SMILES string of the molecule is COc1c(C)cc(C)cc1C(=O)/C=C/C(=O)O. The van der Waals surface area contributed by atoms with Crippen LogP contribution in [0, 0.1) is 13.8 Å². The number of ether oxygens (including phenoxy) is 1. The number of carboxylic acids is 1. The lowest BCUT2D eigenvalue weighted by Crippen LogP contribution is -2.02. The Balaban J connectivity index is 3.20. The first-order valence-electron chi connectivity index (χ1n) is 5.06. The van der Waals surface area contributed by atoms with Crippen LogP contribution >= 0.6 is 0 Å². The topological polar surface area (TPSA) is 63.6 Å². The minimum Gasteiger partial charge on any atom is -0.496 e. The first-order valence-corrected chi connectivity index (χ1v) is 5.06. The van der Waals surface area contributed by atoms with Crippen LogP contribution in [-0.2, 0) is 4.79 Å². The van der Waals surface area contributed by atoms with Crippen LogP contribution in [0.3, 0.4) is 0 Å². The highest BCUT2D eigenvalue weighted by Gasteiger charge is 2.13. The number of benzene rings is 1. The van der Waals surface area contributed by atoms with Crippen molar-refractivity contribution in [1.82, 2.24) is 0 Å². The molecule has 0 aliphatic carbocycles. The van der Waals surface area contributed by atoms with Crippen molar-refractivity contribution in [2.24, 2.45) is 0 Å². The molecule has 0 spiro atoms. The van der Waals surface area contributed by atoms with Gasteiger partial charge in [0.15, 0.2) is 5.78 Å². The van der Waals surface area contributed by atoms with Crippen molar-refractivity contribution in [3.63, 3.8) is 0 Å². The van der Waals surface area contributed by atoms with Crippen LogP contribution in [0.5, 0.6) is 5.75 Å². The van der Waals surface area contributed by atoms with Crippen LogP contribution in [0.15, 0.2) is 24.3 Å². The lowest BCUT2D eigenvalue weighted by atomic mass is 10.0. The molecule has 0 bridgehead atoms. The third-order valence-corrected chi connectivity index (χ3v) is 2.27. The van der Waals surface area contributed by atoms with Crippen LogP contribution in [-0.4, -0.2) is 24.0 Å². The highest BCUT2D eigenvalue weighted by atomic mass is 16.5. The molecule has 0 atom stereocenters. The van der Waals surface area contributed by atoms with E-state index in [9.17, 15) is 9.59 Å². The number of allylic oxidation sites excluding steroid dienone is 1. The number of aliphatic carboxylic acids is 1. The van der Waals surface area contributed by atoms with Crippen molar-refractivity contribution in [1.29, 1.82) is 0 Å². The Morgan fingerprint density at radius 1 is 1.24 bits per heavy atom. The van der Waals surface area contributed by atoms with Crippen LogP contribution < -0.4 is 4.74 Å². The summed E-state index contributed by atoms with van der Waals surface area (Å²) in [5, 5.41) is 8.47. The average Bonchev–Trinajstić information content (AvgIpc) is 2.24. The summed E-state index contributed by atoms with van der Waals surface area (Å²) >= 11 is 0. The van der Waals surface area contributed by atoms with Gasteiger partial charge in [-0.3, -0.25) is 4.79 Å². The number of carbonyl (C=O) groups is 2. The van der Waals surface area contributed by atoms with E-state index in [1.54, 1.807) is 6.07 Å². The van der Waals surface area contributed by atoms with Gasteiger partial charge >= 0.3 is 5.97 Å². The minimum absolute atomic E-state index is 0.377. The van der Waals surface area contributed by atoms with Gasteiger partial charge in [-0.15, -0.1) is 0 Å². The summed E-state index contributed by atoms with van der Waals surface area (Å²) in [6.45, 7) is 3.70. The third-order valence-electron chi connectivity index (χ3n) is 2.27. The quantitative estimate of drug-likeness (QED) is 0.640. The van der Waals surface area contributed by atoms with E-state index in [-0.39, 0.29) is 5.78 Å². The number of rotatable bonds is 4. The standard InChI is InChI=1S/C13H14O4/c1-8-6-9(2)13(17-3)10(7-8)11(14)4-5-12(15)16/h4-7H,1-3H3,(H,15,16)/b5-4+. The molecule has 0 heterocycles. The van der Waals surface area contributed by atoms with E-state index in [0.717, 1.165) is 23.3 Å². The van der Waals surface area contributed by atoms with Crippen molar-refractivity contribution in [3.05, 3.63) is 41.0 Å². The van der Waals surface area contributed by atoms with Gasteiger partial charge in [0, 0.05) is 6.08 Å². The minimum atomic E-state index is -1.15. The summed E-state index contributed by atoms with van der Waals surface area (Å²) in [7, 11) is 1.48. The number of ketones is 1. The van der Waals surface area contributed by atoms with E-state index >= 15 is 0 Å². The highest BCUT2D eigenvalue weighted by molar-refractivity contribution is 6.08. The van der Waals surface area contributed by atoms with Crippen LogP contribution in [0.1, 0.15) is 21.5 Å². The van der Waals surface area contributed by atoms with E-state index in [2.05, 4.69) is 0 Å². The normalized spacial score (nSPS) is 10.5. The number of carbonyl (C=O) groups excluding carboxylic acids is 1. The molecule has 1 N–H and O–H groups in total. The van der Waals surface area contributed by atoms with Gasteiger partial charge in [0.1, 0.15) is 5.75 Å². The second kappa shape index (κ2) is 5.30. The molecule has 0 fully saturated rings. The van der Waals surface area contributed by atoms with E-state index in [1.165, 1.54) is 7.11 Å². The molecule has 17 heavy (non-hydrogen) atoms. The Morgan fingerprint density at radius 2 is 1.88 bits per heavy atom. The first kappa shape index (κ1) is 13.0. The molecular weight excluding hydrogens is 220 g/mol. The molecule has 90 valence electrons. The summed E-state index contributed by atoms with van der Waals surface area (Å²) in [6, 6.07) is 3.58. The molecular formula is C13H14O4. The molecule has 0 unspecified atom stereocenters. The van der Waals surface area contributed by atoms with Crippen molar-refractivity contribution in [2.45, 2.75) is 13.8 Å². The highest BCUT2D eigenvalue weighted by Crippen LogP contribution is 2.25. The van der Waals surface area contributed by atoms with Gasteiger partial charge in [-0.05, 0) is 37.1 Å². The molecule has 4 heteroatoms. The Morgan fingerprint density at radius 3 is 2.41 bits per heavy atom. The maximum Gasteiger partial charge on any atom is 0.328 e. The monoisotopic (exact) mass is 234 g/mol. The summed E-state index contributed by atoms with van der Waals surface area (Å²) < 4.78 is 5.16. The zero-order chi connectivity index (χ0) is 13.0. The molecule has 0 aromatic heterocycles. The zero-order valence-corrected chi connectivity index (χ0v) is 9.98. The van der Waals surface area contributed by atoms with Gasteiger partial charge in [0.2, 0.25) is 0 Å². The zero-order valence-electron chi connectivity index (χ0n) is 9.98. The molecule has 0 saturated carbocycles. The molecule has 1 aromatic carbocycles. The van der Waals surface area contributed by atoms with Crippen molar-refractivity contribution in [2.75, 3.05) is 7.11 Å². The molecule has 1 aromatic rings. The number of hydrogen-bond donors (Lipinski definition) is 1. The van der Waals surface area contributed by atoms with Gasteiger partial charge in [-0.1, -0.05) is 6.07 Å². The molecule has 0 saturated heterocycles. The van der Waals surface area contributed by atoms with E-state index in [0.29, 0.717) is 11.3 Å². The van der Waals surface area contributed by atoms with Gasteiger partial charge in [0.25, 0.3) is 0 Å². The Kier molecular flexibility index (Phi) is 4.04. The number of hydrogen-bond acceptors (Lipinski definition) is 3. The van der Waals surface area contributed by atoms with Crippen LogP contribution in [0.4, 0.5) is 0 Å². The molecule has 0 aliphatic heterocycles. The fourth-order valence-electron chi connectivity index (χ4n) is 1.65. The molecule has 0 radical (unpaired) electrons. The maximum atomic E-state index is 11.8. The van der Waals surface area contributed by atoms with Crippen molar-refractivity contribution in [3.8, 4) is 5.75 Å². The number of aryl methyl sites for hydroxylation is 2. The number of methoxy groups -OCH3 is 1. The fraction of sp³-hybridized carbons (Fsp3) is 0.231. The predicted octanol–water partition coefficient (Wildman–Crippen LogP) is 2.14. The van der Waals surface area contributed by atoms with Gasteiger partial charge in [-0.2, -0.15) is 0 Å². The van der Waals surface area contributed by atoms with E-state index in [4.69, 9.17) is 9.84 Å². The lowest BCUT2D eigenvalue weighted by Gasteiger charge is -2.10. The third kappa shape index (κ3) is 3.17. The molecule has 0 aliphatic rings. The molecule has 0 amide bonds. The fourth-order valence-corrected chi connectivity index (χ4v) is 1.65. The summed E-state index contributed by atoms with van der Waals surface area (Å²) in [5.41, 5.74) is 2.15. The van der Waals surface area contributed by atoms with E-state index in [1.807, 2.05) is 19.9 Å². The largest absolute Gasteiger partial charge is 0.496 e. The smallest absolute Gasteiger partial charge is 0.328 e. The van der Waals surface area contributed by atoms with E-state index < -0.39 is 5.97 Å². The second-order valence-electron chi connectivity index (χ2n) is 3.70. The maximum absolute atomic E-state index is 11.8. The Hall–Kier alpha value is -2.10. The van der Waals surface area contributed by atoms with Gasteiger partial charge < -0.3 is 9.84 Å². The molecule has 1 rings (SSSR count).